The van der Waals surface area contributed by atoms with E-state index in [0.29, 0.717) is 0 Å². The minimum Gasteiger partial charge on any atom is -0.0620 e. The molecule has 0 unspecified atom stereocenters. The third-order valence-corrected chi connectivity index (χ3v) is 6.67. The summed E-state index contributed by atoms with van der Waals surface area (Å²) in [6.07, 6.45) is 1.01. The Labute approximate surface area is 166 Å². The lowest BCUT2D eigenvalue weighted by molar-refractivity contribution is 0.720. The van der Waals surface area contributed by atoms with Crippen LogP contribution in [-0.4, -0.2) is 0 Å². The van der Waals surface area contributed by atoms with Crippen molar-refractivity contribution in [3.8, 4) is 11.1 Å². The summed E-state index contributed by atoms with van der Waals surface area (Å²) in [7, 11) is 0. The van der Waals surface area contributed by atoms with E-state index in [1.165, 1.54) is 55.6 Å². The molecule has 28 heavy (non-hydrogen) atoms. The maximum atomic E-state index is 2.42. The molecule has 6 rings (SSSR count). The van der Waals surface area contributed by atoms with Crippen LogP contribution in [-0.2, 0) is 11.8 Å². The van der Waals surface area contributed by atoms with Crippen LogP contribution in [0.3, 0.4) is 0 Å². The monoisotopic (exact) mass is 358 g/mol. The Bertz CT molecular complexity index is 1160. The number of hydrogen-bond acceptors (Lipinski definition) is 0. The van der Waals surface area contributed by atoms with Crippen LogP contribution in [0.15, 0.2) is 84.9 Å². The Hall–Kier alpha value is -3.12. The Morgan fingerprint density at radius 1 is 0.536 bits per heavy atom. The second-order valence-electron chi connectivity index (χ2n) is 8.34. The van der Waals surface area contributed by atoms with E-state index in [9.17, 15) is 0 Å². The van der Waals surface area contributed by atoms with Gasteiger partial charge in [-0.15, -0.1) is 0 Å². The van der Waals surface area contributed by atoms with Gasteiger partial charge in [0.1, 0.15) is 0 Å². The SMILES string of the molecule is Cc1ccc2c(c1)C1(c3ccccc3Cc3ccccc31)c1cc(C)ccc1-2. The first-order valence-electron chi connectivity index (χ1n) is 10.1. The predicted octanol–water partition coefficient (Wildman–Crippen LogP) is 6.57. The Kier molecular flexibility index (Phi) is 3.09. The molecule has 0 heteroatoms. The van der Waals surface area contributed by atoms with Crippen molar-refractivity contribution in [1.29, 1.82) is 0 Å². The summed E-state index contributed by atoms with van der Waals surface area (Å²) >= 11 is 0. The zero-order chi connectivity index (χ0) is 18.9. The number of benzene rings is 4. The molecule has 0 N–H and O–H groups in total. The summed E-state index contributed by atoms with van der Waals surface area (Å²) in [6.45, 7) is 4.42. The van der Waals surface area contributed by atoms with Gasteiger partial charge in [0.05, 0.1) is 5.41 Å². The van der Waals surface area contributed by atoms with E-state index in [4.69, 9.17) is 0 Å². The van der Waals surface area contributed by atoms with Crippen molar-refractivity contribution in [2.24, 2.45) is 0 Å². The summed E-state index contributed by atoms with van der Waals surface area (Å²) < 4.78 is 0. The van der Waals surface area contributed by atoms with Crippen LogP contribution < -0.4 is 0 Å². The van der Waals surface area contributed by atoms with E-state index >= 15 is 0 Å². The molecule has 2 aliphatic rings. The highest BCUT2D eigenvalue weighted by atomic mass is 14.5. The molecule has 2 aliphatic carbocycles. The molecule has 0 bridgehead atoms. The first-order valence-corrected chi connectivity index (χ1v) is 10.1. The molecule has 0 amide bonds. The molecule has 0 atom stereocenters. The van der Waals surface area contributed by atoms with Gasteiger partial charge in [-0.25, -0.2) is 0 Å². The van der Waals surface area contributed by atoms with Crippen molar-refractivity contribution in [1.82, 2.24) is 0 Å². The molecule has 0 aromatic heterocycles. The summed E-state index contributed by atoms with van der Waals surface area (Å²) in [5.41, 5.74) is 13.9. The minimum absolute atomic E-state index is 0.214. The fourth-order valence-electron chi connectivity index (χ4n) is 5.56. The number of hydrogen-bond donors (Lipinski definition) is 0. The summed E-state index contributed by atoms with van der Waals surface area (Å²) in [5.74, 6) is 0. The fourth-order valence-corrected chi connectivity index (χ4v) is 5.56. The van der Waals surface area contributed by atoms with Crippen LogP contribution in [0.5, 0.6) is 0 Å². The zero-order valence-electron chi connectivity index (χ0n) is 16.3. The van der Waals surface area contributed by atoms with Crippen molar-refractivity contribution in [3.63, 3.8) is 0 Å². The molecule has 4 aromatic carbocycles. The van der Waals surface area contributed by atoms with Gasteiger partial charge in [-0.1, -0.05) is 96.1 Å². The molecule has 134 valence electrons. The van der Waals surface area contributed by atoms with Gasteiger partial charge in [-0.05, 0) is 64.8 Å². The fraction of sp³-hybridized carbons (Fsp3) is 0.143. The number of aryl methyl sites for hydroxylation is 2. The lowest BCUT2D eigenvalue weighted by Crippen LogP contribution is -2.34. The Morgan fingerprint density at radius 2 is 1.00 bits per heavy atom. The van der Waals surface area contributed by atoms with Gasteiger partial charge < -0.3 is 0 Å². The average molecular weight is 358 g/mol. The Morgan fingerprint density at radius 3 is 1.50 bits per heavy atom. The van der Waals surface area contributed by atoms with Crippen LogP contribution in [0.1, 0.15) is 44.5 Å². The molecular formula is C28H22. The molecule has 0 fully saturated rings. The molecule has 4 aromatic rings. The molecule has 0 radical (unpaired) electrons. The molecule has 1 spiro atoms. The summed E-state index contributed by atoms with van der Waals surface area (Å²) in [6, 6.07) is 32.1. The second kappa shape index (κ2) is 5.45. The average Bonchev–Trinajstić information content (AvgIpc) is 2.98. The van der Waals surface area contributed by atoms with E-state index in [-0.39, 0.29) is 5.41 Å². The predicted molar refractivity (Wildman–Crippen MR) is 116 cm³/mol. The smallest absolute Gasteiger partial charge is 0.0620 e. The lowest BCUT2D eigenvalue weighted by Gasteiger charge is -2.40. The standard InChI is InChI=1S/C28H22/c1-18-11-13-22-23-14-12-19(2)16-27(23)28(26(22)15-18)24-9-5-3-7-20(24)17-21-8-4-6-10-25(21)28/h3-16H,17H2,1-2H3. The van der Waals surface area contributed by atoms with Gasteiger partial charge in [-0.2, -0.15) is 0 Å². The van der Waals surface area contributed by atoms with Gasteiger partial charge in [0.15, 0.2) is 0 Å². The zero-order valence-corrected chi connectivity index (χ0v) is 16.3. The maximum absolute atomic E-state index is 2.42. The van der Waals surface area contributed by atoms with Gasteiger partial charge >= 0.3 is 0 Å². The molecule has 0 saturated heterocycles. The van der Waals surface area contributed by atoms with Crippen LogP contribution >= 0.6 is 0 Å². The van der Waals surface area contributed by atoms with Gasteiger partial charge in [0.2, 0.25) is 0 Å². The van der Waals surface area contributed by atoms with Gasteiger partial charge in [0.25, 0.3) is 0 Å². The summed E-state index contributed by atoms with van der Waals surface area (Å²) in [4.78, 5) is 0. The normalized spacial score (nSPS) is 14.9. The van der Waals surface area contributed by atoms with Crippen molar-refractivity contribution in [2.75, 3.05) is 0 Å². The highest BCUT2D eigenvalue weighted by molar-refractivity contribution is 5.88. The van der Waals surface area contributed by atoms with E-state index in [1.807, 2.05) is 0 Å². The van der Waals surface area contributed by atoms with Crippen LogP contribution in [0, 0.1) is 13.8 Å². The Balaban J connectivity index is 1.87. The molecular weight excluding hydrogens is 336 g/mol. The first-order chi connectivity index (χ1) is 13.7. The third-order valence-electron chi connectivity index (χ3n) is 6.67. The van der Waals surface area contributed by atoms with E-state index in [2.05, 4.69) is 98.8 Å². The van der Waals surface area contributed by atoms with E-state index in [0.717, 1.165) is 6.42 Å². The van der Waals surface area contributed by atoms with Crippen LogP contribution in [0.25, 0.3) is 11.1 Å². The number of rotatable bonds is 0. The molecule has 0 nitrogen and oxygen atoms in total. The highest BCUT2D eigenvalue weighted by Gasteiger charge is 2.49. The van der Waals surface area contributed by atoms with E-state index in [1.54, 1.807) is 0 Å². The van der Waals surface area contributed by atoms with E-state index < -0.39 is 0 Å². The maximum Gasteiger partial charge on any atom is 0.0719 e. The lowest BCUT2D eigenvalue weighted by atomic mass is 9.61. The van der Waals surface area contributed by atoms with Gasteiger partial charge in [-0.3, -0.25) is 0 Å². The minimum atomic E-state index is -0.214. The largest absolute Gasteiger partial charge is 0.0719 e. The molecule has 0 heterocycles. The van der Waals surface area contributed by atoms with Crippen molar-refractivity contribution < 1.29 is 0 Å². The third kappa shape index (κ3) is 1.85. The van der Waals surface area contributed by atoms with Crippen molar-refractivity contribution in [3.05, 3.63) is 129 Å². The summed E-state index contributed by atoms with van der Waals surface area (Å²) in [5, 5.41) is 0. The topological polar surface area (TPSA) is 0 Å². The van der Waals surface area contributed by atoms with Crippen LogP contribution in [0.4, 0.5) is 0 Å². The molecule has 0 saturated carbocycles. The molecule has 0 aliphatic heterocycles. The van der Waals surface area contributed by atoms with Crippen LogP contribution in [0.2, 0.25) is 0 Å². The quantitative estimate of drug-likeness (QED) is 0.288. The second-order valence-corrected chi connectivity index (χ2v) is 8.34. The first kappa shape index (κ1) is 15.9. The van der Waals surface area contributed by atoms with Crippen molar-refractivity contribution in [2.45, 2.75) is 25.7 Å². The highest BCUT2D eigenvalue weighted by Crippen LogP contribution is 2.59. The van der Waals surface area contributed by atoms with Gasteiger partial charge in [0, 0.05) is 0 Å². The van der Waals surface area contributed by atoms with Crippen molar-refractivity contribution >= 4 is 0 Å². The number of fused-ring (bicyclic) bond motifs is 9.